The van der Waals surface area contributed by atoms with Gasteiger partial charge in [0, 0.05) is 17.5 Å². The summed E-state index contributed by atoms with van der Waals surface area (Å²) < 4.78 is 5.58. The molecule has 0 radical (unpaired) electrons. The zero-order valence-electron chi connectivity index (χ0n) is 14.4. The van der Waals surface area contributed by atoms with Crippen LogP contribution in [-0.2, 0) is 0 Å². The fourth-order valence-corrected chi connectivity index (χ4v) is 2.86. The van der Waals surface area contributed by atoms with Crippen LogP contribution in [0.2, 0.25) is 0 Å². The normalized spacial score (nSPS) is 13.1. The van der Waals surface area contributed by atoms with Gasteiger partial charge in [-0.1, -0.05) is 18.2 Å². The molecule has 126 valence electrons. The highest BCUT2D eigenvalue weighted by atomic mass is 16.5. The first-order valence-electron chi connectivity index (χ1n) is 8.01. The van der Waals surface area contributed by atoms with Gasteiger partial charge in [0.1, 0.15) is 5.76 Å². The molecule has 0 fully saturated rings. The van der Waals surface area contributed by atoms with Crippen LogP contribution in [0.15, 0.2) is 18.2 Å². The Bertz CT molecular complexity index is 797. The fourth-order valence-electron chi connectivity index (χ4n) is 2.86. The molecule has 0 atom stereocenters. The first-order chi connectivity index (χ1) is 11.3. The minimum atomic E-state index is -0.778. The van der Waals surface area contributed by atoms with Crippen molar-refractivity contribution in [3.8, 4) is 17.1 Å². The second-order valence-electron chi connectivity index (χ2n) is 6.76. The lowest BCUT2D eigenvalue weighted by Gasteiger charge is -2.21. The van der Waals surface area contributed by atoms with Gasteiger partial charge in [-0.25, -0.2) is 0 Å². The first-order valence-corrected chi connectivity index (χ1v) is 8.01. The molecule has 1 aliphatic carbocycles. The number of aliphatic hydroxyl groups is 2. The van der Waals surface area contributed by atoms with Gasteiger partial charge in [-0.05, 0) is 44.9 Å². The van der Waals surface area contributed by atoms with Gasteiger partial charge in [-0.15, -0.1) is 0 Å². The quantitative estimate of drug-likeness (QED) is 0.877. The lowest BCUT2D eigenvalue weighted by atomic mass is 9.86. The summed E-state index contributed by atoms with van der Waals surface area (Å²) in [4.78, 5) is 8.87. The molecule has 2 N–H and O–H groups in total. The Balaban J connectivity index is 1.89. The smallest absolute Gasteiger partial charge is 0.316 e. The van der Waals surface area contributed by atoms with E-state index in [1.54, 1.807) is 19.9 Å². The van der Waals surface area contributed by atoms with E-state index in [-0.39, 0.29) is 0 Å². The maximum Gasteiger partial charge on any atom is 0.316 e. The van der Waals surface area contributed by atoms with E-state index in [1.807, 2.05) is 32.0 Å². The van der Waals surface area contributed by atoms with E-state index in [9.17, 15) is 10.2 Å². The third kappa shape index (κ3) is 3.12. The van der Waals surface area contributed by atoms with Gasteiger partial charge in [0.2, 0.25) is 0 Å². The van der Waals surface area contributed by atoms with E-state index < -0.39 is 5.60 Å². The number of fused-ring (bicyclic) bond motifs is 1. The first kappa shape index (κ1) is 16.5. The molecule has 0 unspecified atom stereocenters. The maximum absolute atomic E-state index is 9.94. The van der Waals surface area contributed by atoms with Gasteiger partial charge >= 0.3 is 6.01 Å². The molecule has 0 amide bonds. The van der Waals surface area contributed by atoms with Gasteiger partial charge in [-0.3, -0.25) is 0 Å². The van der Waals surface area contributed by atoms with Crippen molar-refractivity contribution in [2.75, 3.05) is 6.61 Å². The number of benzene rings is 1. The minimum absolute atomic E-state index is 0.296. The van der Waals surface area contributed by atoms with Gasteiger partial charge in [0.25, 0.3) is 0 Å². The monoisotopic (exact) mass is 326 g/mol. The Morgan fingerprint density at radius 1 is 1.08 bits per heavy atom. The summed E-state index contributed by atoms with van der Waals surface area (Å²) in [5, 5.41) is 19.7. The van der Waals surface area contributed by atoms with Crippen LogP contribution in [0.3, 0.4) is 0 Å². The number of hydrogen-bond acceptors (Lipinski definition) is 5. The van der Waals surface area contributed by atoms with E-state index in [4.69, 9.17) is 4.74 Å². The van der Waals surface area contributed by atoms with Gasteiger partial charge in [-0.2, -0.15) is 9.97 Å². The van der Waals surface area contributed by atoms with Crippen molar-refractivity contribution in [3.63, 3.8) is 0 Å². The summed E-state index contributed by atoms with van der Waals surface area (Å²) >= 11 is 0. The Kier molecular flexibility index (Phi) is 4.05. The Morgan fingerprint density at radius 2 is 1.75 bits per heavy atom. The zero-order chi connectivity index (χ0) is 17.5. The Hall–Kier alpha value is -2.40. The van der Waals surface area contributed by atoms with Crippen molar-refractivity contribution in [2.24, 2.45) is 0 Å². The highest BCUT2D eigenvalue weighted by Crippen LogP contribution is 2.40. The van der Waals surface area contributed by atoms with E-state index >= 15 is 0 Å². The molecule has 1 aromatic carbocycles. The third-order valence-corrected chi connectivity index (χ3v) is 4.11. The average Bonchev–Trinajstić information content (AvgIpc) is 2.44. The van der Waals surface area contributed by atoms with Crippen molar-refractivity contribution in [1.29, 1.82) is 0 Å². The van der Waals surface area contributed by atoms with Crippen molar-refractivity contribution < 1.29 is 14.9 Å². The van der Waals surface area contributed by atoms with Crippen LogP contribution in [0.4, 0.5) is 0 Å². The summed E-state index contributed by atoms with van der Waals surface area (Å²) in [7, 11) is 0. The largest absolute Gasteiger partial charge is 0.507 e. The molecule has 1 aliphatic rings. The number of ether oxygens (including phenoxy) is 1. The molecule has 5 nitrogen and oxygen atoms in total. The predicted octanol–water partition coefficient (Wildman–Crippen LogP) is 3.67. The molecule has 0 saturated carbocycles. The SMILES string of the molecule is Cc1nc(OCCC(C)(C)O)nc(C)c1-c1cccc2c1C(O)=C2. The highest BCUT2D eigenvalue weighted by molar-refractivity contribution is 5.98. The standard InChI is InChI=1S/C19H22N2O3/c1-11-16(14-7-5-6-13-10-15(22)17(13)14)12(2)21-18(20-11)24-9-8-19(3,4)23/h5-7,10,22-23H,8-9H2,1-4H3. The van der Waals surface area contributed by atoms with Gasteiger partial charge < -0.3 is 14.9 Å². The van der Waals surface area contributed by atoms with E-state index in [2.05, 4.69) is 9.97 Å². The Morgan fingerprint density at radius 3 is 2.33 bits per heavy atom. The predicted molar refractivity (Wildman–Crippen MR) is 93.9 cm³/mol. The zero-order valence-corrected chi connectivity index (χ0v) is 14.4. The average molecular weight is 326 g/mol. The summed E-state index contributed by atoms with van der Waals surface area (Å²) in [6, 6.07) is 6.21. The second kappa shape index (κ2) is 5.91. The molecular formula is C19H22N2O3. The molecule has 0 saturated heterocycles. The number of aryl methyl sites for hydroxylation is 2. The summed E-state index contributed by atoms with van der Waals surface area (Å²) in [6.45, 7) is 7.65. The number of nitrogens with zero attached hydrogens (tertiary/aromatic N) is 2. The Labute approximate surface area is 141 Å². The molecule has 2 aromatic rings. The van der Waals surface area contributed by atoms with Crippen molar-refractivity contribution >= 4 is 11.8 Å². The number of rotatable bonds is 5. The molecule has 1 heterocycles. The van der Waals surface area contributed by atoms with Crippen LogP contribution in [0.25, 0.3) is 23.0 Å². The van der Waals surface area contributed by atoms with E-state index in [1.165, 1.54) is 0 Å². The number of aliphatic hydroxyl groups excluding tert-OH is 1. The van der Waals surface area contributed by atoms with Crippen LogP contribution in [0, 0.1) is 13.8 Å². The highest BCUT2D eigenvalue weighted by Gasteiger charge is 2.23. The van der Waals surface area contributed by atoms with E-state index in [0.29, 0.717) is 24.8 Å². The van der Waals surface area contributed by atoms with Crippen LogP contribution in [0.5, 0.6) is 6.01 Å². The summed E-state index contributed by atoms with van der Waals surface area (Å²) in [5.41, 5.74) is 4.55. The van der Waals surface area contributed by atoms with Gasteiger partial charge in [0.05, 0.1) is 23.6 Å². The molecule has 0 spiro atoms. The molecule has 5 heteroatoms. The van der Waals surface area contributed by atoms with Crippen LogP contribution in [0.1, 0.15) is 42.8 Å². The molecule has 0 aliphatic heterocycles. The molecule has 0 bridgehead atoms. The molecule has 3 rings (SSSR count). The van der Waals surface area contributed by atoms with Gasteiger partial charge in [0.15, 0.2) is 0 Å². The van der Waals surface area contributed by atoms with Crippen molar-refractivity contribution in [1.82, 2.24) is 9.97 Å². The summed E-state index contributed by atoms with van der Waals surface area (Å²) in [5.74, 6) is 0.296. The number of aromatic nitrogens is 2. The third-order valence-electron chi connectivity index (χ3n) is 4.11. The summed E-state index contributed by atoms with van der Waals surface area (Å²) in [6.07, 6.45) is 2.25. The maximum atomic E-state index is 9.94. The topological polar surface area (TPSA) is 75.5 Å². The van der Waals surface area contributed by atoms with Crippen molar-refractivity contribution in [3.05, 3.63) is 40.7 Å². The van der Waals surface area contributed by atoms with E-state index in [0.717, 1.165) is 33.6 Å². The number of hydrogen-bond donors (Lipinski definition) is 2. The van der Waals surface area contributed by atoms with Crippen LogP contribution >= 0.6 is 0 Å². The van der Waals surface area contributed by atoms with Crippen molar-refractivity contribution in [2.45, 2.75) is 39.7 Å². The van der Waals surface area contributed by atoms with Crippen LogP contribution < -0.4 is 4.74 Å². The molecular weight excluding hydrogens is 304 g/mol. The lowest BCUT2D eigenvalue weighted by molar-refractivity contribution is 0.0539. The molecule has 24 heavy (non-hydrogen) atoms. The minimum Gasteiger partial charge on any atom is -0.507 e. The fraction of sp³-hybridized carbons (Fsp3) is 0.368. The second-order valence-corrected chi connectivity index (χ2v) is 6.76. The molecule has 1 aromatic heterocycles. The van der Waals surface area contributed by atoms with Crippen LogP contribution in [-0.4, -0.2) is 32.4 Å². The lowest BCUT2D eigenvalue weighted by Crippen LogP contribution is -2.22.